The van der Waals surface area contributed by atoms with Crippen molar-refractivity contribution in [3.63, 3.8) is 0 Å². The SMILES string of the molecule is CC(C)CC1(C)N=C(N)N(CC2=CCC(CNC(=O)NC3CCCCC3)C=C2)C1=O. The predicted octanol–water partition coefficient (Wildman–Crippen LogP) is 3.08. The van der Waals surface area contributed by atoms with Gasteiger partial charge in [-0.2, -0.15) is 0 Å². The lowest BCUT2D eigenvalue weighted by Crippen LogP contribution is -2.44. The van der Waals surface area contributed by atoms with Crippen LogP contribution in [-0.2, 0) is 4.79 Å². The van der Waals surface area contributed by atoms with E-state index >= 15 is 0 Å². The molecule has 0 saturated heterocycles. The van der Waals surface area contributed by atoms with Gasteiger partial charge in [-0.25, -0.2) is 9.79 Å². The molecule has 0 bridgehead atoms. The minimum absolute atomic E-state index is 0.0221. The van der Waals surface area contributed by atoms with Crippen molar-refractivity contribution in [1.29, 1.82) is 0 Å². The Labute approximate surface area is 180 Å². The average molecular weight is 416 g/mol. The van der Waals surface area contributed by atoms with Crippen molar-refractivity contribution in [2.24, 2.45) is 22.6 Å². The molecule has 7 heteroatoms. The van der Waals surface area contributed by atoms with E-state index in [1.54, 1.807) is 4.90 Å². The summed E-state index contributed by atoms with van der Waals surface area (Å²) < 4.78 is 0. The first kappa shape index (κ1) is 22.4. The highest BCUT2D eigenvalue weighted by molar-refractivity contribution is 6.06. The van der Waals surface area contributed by atoms with Crippen LogP contribution < -0.4 is 16.4 Å². The first-order valence-corrected chi connectivity index (χ1v) is 11.4. The largest absolute Gasteiger partial charge is 0.369 e. The smallest absolute Gasteiger partial charge is 0.315 e. The topological polar surface area (TPSA) is 99.8 Å². The van der Waals surface area contributed by atoms with Crippen molar-refractivity contribution in [3.8, 4) is 0 Å². The van der Waals surface area contributed by atoms with Gasteiger partial charge in [-0.3, -0.25) is 9.69 Å². The number of aliphatic imine (C=N–C) groups is 1. The molecule has 7 nitrogen and oxygen atoms in total. The molecule has 1 saturated carbocycles. The number of allylic oxidation sites excluding steroid dienone is 1. The first-order chi connectivity index (χ1) is 14.3. The van der Waals surface area contributed by atoms with E-state index in [4.69, 9.17) is 5.73 Å². The van der Waals surface area contributed by atoms with E-state index in [2.05, 4.69) is 41.6 Å². The zero-order valence-electron chi connectivity index (χ0n) is 18.6. The van der Waals surface area contributed by atoms with Gasteiger partial charge in [0.25, 0.3) is 5.91 Å². The summed E-state index contributed by atoms with van der Waals surface area (Å²) in [5.41, 5.74) is 6.37. The van der Waals surface area contributed by atoms with Gasteiger partial charge >= 0.3 is 6.03 Å². The van der Waals surface area contributed by atoms with Gasteiger partial charge in [-0.1, -0.05) is 51.3 Å². The van der Waals surface area contributed by atoms with Crippen molar-refractivity contribution in [2.45, 2.75) is 77.3 Å². The molecule has 166 valence electrons. The summed E-state index contributed by atoms with van der Waals surface area (Å²) >= 11 is 0. The van der Waals surface area contributed by atoms with E-state index in [9.17, 15) is 9.59 Å². The third-order valence-corrected chi connectivity index (χ3v) is 6.22. The van der Waals surface area contributed by atoms with Crippen molar-refractivity contribution < 1.29 is 9.59 Å². The summed E-state index contributed by atoms with van der Waals surface area (Å²) in [6, 6.07) is 0.250. The van der Waals surface area contributed by atoms with Crippen molar-refractivity contribution >= 4 is 17.9 Å². The number of nitrogens with zero attached hydrogens (tertiary/aromatic N) is 2. The summed E-state index contributed by atoms with van der Waals surface area (Å²) in [7, 11) is 0. The quantitative estimate of drug-likeness (QED) is 0.596. The van der Waals surface area contributed by atoms with Crippen LogP contribution in [-0.4, -0.2) is 47.5 Å². The molecule has 0 aromatic heterocycles. The monoisotopic (exact) mass is 415 g/mol. The summed E-state index contributed by atoms with van der Waals surface area (Å²) in [6.07, 6.45) is 13.6. The number of amides is 3. The maximum absolute atomic E-state index is 12.9. The highest BCUT2D eigenvalue weighted by Crippen LogP contribution is 2.29. The summed E-state index contributed by atoms with van der Waals surface area (Å²) in [4.78, 5) is 31.1. The molecule has 3 rings (SSSR count). The number of nitrogens with one attached hydrogen (secondary N) is 2. The molecular weight excluding hydrogens is 378 g/mol. The minimum atomic E-state index is -0.755. The molecule has 3 amide bonds. The molecule has 1 fully saturated rings. The number of rotatable bonds is 7. The Morgan fingerprint density at radius 2 is 2.07 bits per heavy atom. The van der Waals surface area contributed by atoms with Gasteiger partial charge in [-0.15, -0.1) is 0 Å². The fourth-order valence-corrected chi connectivity index (χ4v) is 4.70. The molecule has 2 unspecified atom stereocenters. The summed E-state index contributed by atoms with van der Waals surface area (Å²) in [5, 5.41) is 6.08. The van der Waals surface area contributed by atoms with Gasteiger partial charge < -0.3 is 16.4 Å². The van der Waals surface area contributed by atoms with E-state index < -0.39 is 5.54 Å². The van der Waals surface area contributed by atoms with E-state index in [-0.39, 0.29) is 17.9 Å². The molecule has 2 aliphatic carbocycles. The van der Waals surface area contributed by atoms with Crippen LogP contribution in [0.5, 0.6) is 0 Å². The molecule has 4 N–H and O–H groups in total. The van der Waals surface area contributed by atoms with Crippen LogP contribution in [0, 0.1) is 11.8 Å². The molecule has 3 aliphatic rings. The van der Waals surface area contributed by atoms with E-state index in [1.807, 2.05) is 13.0 Å². The highest BCUT2D eigenvalue weighted by atomic mass is 16.2. The molecule has 2 atom stereocenters. The second-order valence-electron chi connectivity index (χ2n) is 9.56. The third kappa shape index (κ3) is 5.64. The van der Waals surface area contributed by atoms with Gasteiger partial charge in [-0.05, 0) is 50.0 Å². The number of guanidine groups is 1. The van der Waals surface area contributed by atoms with E-state index in [0.29, 0.717) is 37.4 Å². The highest BCUT2D eigenvalue weighted by Gasteiger charge is 2.44. The van der Waals surface area contributed by atoms with Crippen LogP contribution >= 0.6 is 0 Å². The van der Waals surface area contributed by atoms with Crippen LogP contribution in [0.15, 0.2) is 28.8 Å². The second-order valence-corrected chi connectivity index (χ2v) is 9.56. The lowest BCUT2D eigenvalue weighted by molar-refractivity contribution is -0.130. The van der Waals surface area contributed by atoms with Crippen LogP contribution in [0.1, 0.15) is 65.7 Å². The molecule has 1 heterocycles. The Hall–Kier alpha value is -2.31. The Morgan fingerprint density at radius 3 is 2.70 bits per heavy atom. The van der Waals surface area contributed by atoms with Gasteiger partial charge in [0, 0.05) is 12.6 Å². The molecular formula is C23H37N5O2. The van der Waals surface area contributed by atoms with Crippen LogP contribution in [0.2, 0.25) is 0 Å². The Bertz CT molecular complexity index is 736. The fraction of sp³-hybridized carbons (Fsp3) is 0.696. The second kappa shape index (κ2) is 9.67. The van der Waals surface area contributed by atoms with Gasteiger partial charge in [0.05, 0.1) is 6.54 Å². The number of hydrogen-bond donors (Lipinski definition) is 3. The van der Waals surface area contributed by atoms with Crippen molar-refractivity contribution in [1.82, 2.24) is 15.5 Å². The molecule has 0 radical (unpaired) electrons. The summed E-state index contributed by atoms with van der Waals surface area (Å²) in [5.74, 6) is 0.914. The molecule has 0 aromatic carbocycles. The third-order valence-electron chi connectivity index (χ3n) is 6.22. The molecule has 30 heavy (non-hydrogen) atoms. The zero-order valence-corrected chi connectivity index (χ0v) is 18.6. The average Bonchev–Trinajstić information content (AvgIpc) is 2.90. The Balaban J connectivity index is 1.44. The van der Waals surface area contributed by atoms with Crippen molar-refractivity contribution in [2.75, 3.05) is 13.1 Å². The van der Waals surface area contributed by atoms with Crippen LogP contribution in [0.4, 0.5) is 4.79 Å². The normalized spacial score (nSPS) is 27.3. The van der Waals surface area contributed by atoms with E-state index in [1.165, 1.54) is 19.3 Å². The number of carbonyl (C=O) groups is 2. The molecule has 1 aliphatic heterocycles. The number of urea groups is 1. The standard InChI is InChI=1S/C23H37N5O2/c1-16(2)13-23(3)20(29)28(21(24)27-23)15-18-11-9-17(10-12-18)14-25-22(30)26-19-7-5-4-6-8-19/h9,11-12,16-17,19H,4-8,10,13-15H2,1-3H3,(H2,24,27)(H2,25,26,30). The minimum Gasteiger partial charge on any atom is -0.369 e. The first-order valence-electron chi connectivity index (χ1n) is 11.4. The van der Waals surface area contributed by atoms with Gasteiger partial charge in [0.1, 0.15) is 5.54 Å². The Kier molecular flexibility index (Phi) is 7.21. The lowest BCUT2D eigenvalue weighted by Gasteiger charge is -2.25. The van der Waals surface area contributed by atoms with Gasteiger partial charge in [0.15, 0.2) is 5.96 Å². The number of carbonyl (C=O) groups excluding carboxylic acids is 2. The van der Waals surface area contributed by atoms with E-state index in [0.717, 1.165) is 24.8 Å². The molecule has 0 aromatic rings. The van der Waals surface area contributed by atoms with Crippen molar-refractivity contribution in [3.05, 3.63) is 23.8 Å². The number of nitrogens with two attached hydrogens (primary N) is 1. The molecule has 0 spiro atoms. The summed E-state index contributed by atoms with van der Waals surface area (Å²) in [6.45, 7) is 7.09. The maximum atomic E-state index is 12.9. The van der Waals surface area contributed by atoms with Crippen LogP contribution in [0.25, 0.3) is 0 Å². The fourth-order valence-electron chi connectivity index (χ4n) is 4.70. The Morgan fingerprint density at radius 1 is 1.33 bits per heavy atom. The number of hydrogen-bond acceptors (Lipinski definition) is 4. The predicted molar refractivity (Wildman–Crippen MR) is 120 cm³/mol. The maximum Gasteiger partial charge on any atom is 0.315 e. The van der Waals surface area contributed by atoms with Gasteiger partial charge in [0.2, 0.25) is 0 Å². The lowest BCUT2D eigenvalue weighted by atomic mass is 9.90. The zero-order chi connectivity index (χ0) is 21.7. The van der Waals surface area contributed by atoms with Crippen LogP contribution in [0.3, 0.4) is 0 Å².